The summed E-state index contributed by atoms with van der Waals surface area (Å²) in [6, 6.07) is 0. The van der Waals surface area contributed by atoms with Crippen molar-refractivity contribution in [3.05, 3.63) is 0 Å². The van der Waals surface area contributed by atoms with E-state index in [-0.39, 0.29) is 0 Å². The topological polar surface area (TPSA) is 27.7 Å². The molecular formula is C6H12O3. The van der Waals surface area contributed by atoms with E-state index in [1.54, 1.807) is 0 Å². The zero-order chi connectivity index (χ0) is 6.36. The Hall–Kier alpha value is -0.120. The summed E-state index contributed by atoms with van der Waals surface area (Å²) in [6.07, 6.45) is 2.10. The van der Waals surface area contributed by atoms with Crippen molar-refractivity contribution < 1.29 is 14.5 Å². The lowest BCUT2D eigenvalue weighted by atomic mass is 10.3. The summed E-state index contributed by atoms with van der Waals surface area (Å²) in [7, 11) is 0. The molecule has 0 aliphatic carbocycles. The van der Waals surface area contributed by atoms with E-state index in [2.05, 4.69) is 0 Å². The highest BCUT2D eigenvalue weighted by Crippen LogP contribution is 1.95. The Bertz CT molecular complexity index is 36.8. The Morgan fingerprint density at radius 3 is 2.44 bits per heavy atom. The lowest BCUT2D eigenvalue weighted by Crippen LogP contribution is -2.02. The van der Waals surface area contributed by atoms with Gasteiger partial charge in [-0.25, -0.2) is 9.78 Å². The highest BCUT2D eigenvalue weighted by Gasteiger charge is 1.95. The van der Waals surface area contributed by atoms with Crippen molar-refractivity contribution in [2.75, 3.05) is 26.4 Å². The van der Waals surface area contributed by atoms with Crippen LogP contribution in [0.15, 0.2) is 0 Å². The normalized spacial score (nSPS) is 24.0. The molecule has 1 rings (SSSR count). The molecule has 3 nitrogen and oxygen atoms in total. The van der Waals surface area contributed by atoms with E-state index in [0.29, 0.717) is 19.8 Å². The first kappa shape index (κ1) is 6.99. The first-order chi connectivity index (χ1) is 4.50. The largest absolute Gasteiger partial charge is 0.379 e. The van der Waals surface area contributed by atoms with E-state index in [0.717, 1.165) is 19.4 Å². The molecule has 0 N–H and O–H groups in total. The van der Waals surface area contributed by atoms with E-state index < -0.39 is 0 Å². The molecule has 0 unspecified atom stereocenters. The average Bonchev–Trinajstić information content (AvgIpc) is 2.00. The molecule has 0 aromatic heterocycles. The van der Waals surface area contributed by atoms with Crippen LogP contribution in [0.3, 0.4) is 0 Å². The van der Waals surface area contributed by atoms with Crippen LogP contribution in [-0.4, -0.2) is 26.4 Å². The zero-order valence-corrected chi connectivity index (χ0v) is 5.47. The number of ether oxygens (including phenoxy) is 1. The van der Waals surface area contributed by atoms with Crippen LogP contribution in [-0.2, 0) is 14.5 Å². The van der Waals surface area contributed by atoms with Gasteiger partial charge in [0.25, 0.3) is 0 Å². The summed E-state index contributed by atoms with van der Waals surface area (Å²) in [4.78, 5) is 9.50. The predicted molar refractivity (Wildman–Crippen MR) is 32.0 cm³/mol. The molecule has 3 heteroatoms. The van der Waals surface area contributed by atoms with Crippen LogP contribution in [0.2, 0.25) is 0 Å². The first-order valence-corrected chi connectivity index (χ1v) is 3.32. The molecule has 0 aromatic carbocycles. The van der Waals surface area contributed by atoms with E-state index in [1.165, 1.54) is 0 Å². The molecule has 1 aliphatic rings. The van der Waals surface area contributed by atoms with Crippen LogP contribution >= 0.6 is 0 Å². The third-order valence-corrected chi connectivity index (χ3v) is 1.16. The number of hydrogen-bond donors (Lipinski definition) is 0. The SMILES string of the molecule is C1CCOOCCOC1. The molecule has 0 saturated carbocycles. The average molecular weight is 132 g/mol. The van der Waals surface area contributed by atoms with Gasteiger partial charge in [-0.15, -0.1) is 0 Å². The maximum absolute atomic E-state index is 5.15. The molecule has 0 spiro atoms. The Balaban J connectivity index is 2.02. The van der Waals surface area contributed by atoms with Gasteiger partial charge in [0.1, 0.15) is 6.61 Å². The standard InChI is InChI=1S/C6H12O3/c1-2-4-8-9-6-5-7-3-1/h1-6H2. The maximum Gasteiger partial charge on any atom is 0.106 e. The molecule has 0 bridgehead atoms. The highest BCUT2D eigenvalue weighted by molar-refractivity contribution is 4.38. The summed E-state index contributed by atoms with van der Waals surface area (Å²) in [5.41, 5.74) is 0. The minimum atomic E-state index is 0.556. The molecule has 0 aromatic rings. The molecular weight excluding hydrogens is 120 g/mol. The Morgan fingerprint density at radius 1 is 0.667 bits per heavy atom. The van der Waals surface area contributed by atoms with Crippen molar-refractivity contribution in [2.45, 2.75) is 12.8 Å². The second kappa shape index (κ2) is 4.73. The molecule has 1 saturated heterocycles. The van der Waals surface area contributed by atoms with Gasteiger partial charge in [0, 0.05) is 6.61 Å². The fraction of sp³-hybridized carbons (Fsp3) is 1.00. The van der Waals surface area contributed by atoms with E-state index in [9.17, 15) is 0 Å². The quantitative estimate of drug-likeness (QED) is 0.455. The lowest BCUT2D eigenvalue weighted by molar-refractivity contribution is -0.296. The van der Waals surface area contributed by atoms with Gasteiger partial charge in [-0.05, 0) is 12.8 Å². The fourth-order valence-corrected chi connectivity index (χ4v) is 0.678. The molecule has 9 heavy (non-hydrogen) atoms. The molecule has 1 aliphatic heterocycles. The third-order valence-electron chi connectivity index (χ3n) is 1.16. The molecule has 0 atom stereocenters. The first-order valence-electron chi connectivity index (χ1n) is 3.32. The van der Waals surface area contributed by atoms with Gasteiger partial charge in [0.2, 0.25) is 0 Å². The minimum Gasteiger partial charge on any atom is -0.379 e. The molecule has 1 heterocycles. The van der Waals surface area contributed by atoms with Crippen LogP contribution in [0.4, 0.5) is 0 Å². The monoisotopic (exact) mass is 132 g/mol. The van der Waals surface area contributed by atoms with Gasteiger partial charge in [0.05, 0.1) is 13.2 Å². The summed E-state index contributed by atoms with van der Waals surface area (Å²) in [5.74, 6) is 0. The second-order valence-electron chi connectivity index (χ2n) is 1.96. The smallest absolute Gasteiger partial charge is 0.106 e. The minimum absolute atomic E-state index is 0.556. The lowest BCUT2D eigenvalue weighted by Gasteiger charge is -1.98. The van der Waals surface area contributed by atoms with Crippen LogP contribution in [0.1, 0.15) is 12.8 Å². The fourth-order valence-electron chi connectivity index (χ4n) is 0.678. The predicted octanol–water partition coefficient (Wildman–Crippen LogP) is 0.745. The van der Waals surface area contributed by atoms with Crippen molar-refractivity contribution >= 4 is 0 Å². The van der Waals surface area contributed by atoms with Crippen LogP contribution in [0, 0.1) is 0 Å². The third kappa shape index (κ3) is 3.46. The Morgan fingerprint density at radius 2 is 1.44 bits per heavy atom. The van der Waals surface area contributed by atoms with Crippen molar-refractivity contribution in [3.8, 4) is 0 Å². The van der Waals surface area contributed by atoms with Crippen LogP contribution in [0.5, 0.6) is 0 Å². The van der Waals surface area contributed by atoms with Gasteiger partial charge < -0.3 is 4.74 Å². The Kier molecular flexibility index (Phi) is 3.68. The second-order valence-corrected chi connectivity index (χ2v) is 1.96. The summed E-state index contributed by atoms with van der Waals surface area (Å²) >= 11 is 0. The van der Waals surface area contributed by atoms with Gasteiger partial charge in [-0.2, -0.15) is 0 Å². The number of hydrogen-bond acceptors (Lipinski definition) is 3. The van der Waals surface area contributed by atoms with Gasteiger partial charge in [-0.3, -0.25) is 0 Å². The van der Waals surface area contributed by atoms with Gasteiger partial charge in [0.15, 0.2) is 0 Å². The highest BCUT2D eigenvalue weighted by atomic mass is 17.2. The molecule has 1 fully saturated rings. The van der Waals surface area contributed by atoms with Crippen LogP contribution < -0.4 is 0 Å². The van der Waals surface area contributed by atoms with Gasteiger partial charge in [-0.1, -0.05) is 0 Å². The van der Waals surface area contributed by atoms with Gasteiger partial charge >= 0.3 is 0 Å². The summed E-state index contributed by atoms with van der Waals surface area (Å²) in [6.45, 7) is 2.75. The van der Waals surface area contributed by atoms with E-state index in [1.807, 2.05) is 0 Å². The number of rotatable bonds is 0. The molecule has 0 amide bonds. The van der Waals surface area contributed by atoms with Crippen LogP contribution in [0.25, 0.3) is 0 Å². The summed E-state index contributed by atoms with van der Waals surface area (Å²) in [5, 5.41) is 0. The Labute approximate surface area is 54.8 Å². The maximum atomic E-state index is 5.15. The molecule has 0 radical (unpaired) electrons. The summed E-state index contributed by atoms with van der Waals surface area (Å²) < 4.78 is 5.15. The zero-order valence-electron chi connectivity index (χ0n) is 5.47. The van der Waals surface area contributed by atoms with Crippen molar-refractivity contribution in [2.24, 2.45) is 0 Å². The molecule has 54 valence electrons. The van der Waals surface area contributed by atoms with E-state index in [4.69, 9.17) is 14.5 Å². The van der Waals surface area contributed by atoms with Crippen molar-refractivity contribution in [1.82, 2.24) is 0 Å². The van der Waals surface area contributed by atoms with E-state index >= 15 is 0 Å². The van der Waals surface area contributed by atoms with Crippen molar-refractivity contribution in [3.63, 3.8) is 0 Å². The van der Waals surface area contributed by atoms with Crippen molar-refractivity contribution in [1.29, 1.82) is 0 Å².